The first-order valence-electron chi connectivity index (χ1n) is 7.03. The van der Waals surface area contributed by atoms with Crippen molar-refractivity contribution in [3.8, 4) is 5.69 Å². The second-order valence-electron chi connectivity index (χ2n) is 4.73. The van der Waals surface area contributed by atoms with Gasteiger partial charge in [0.25, 0.3) is 5.91 Å². The maximum absolute atomic E-state index is 12.3. The molecule has 6 nitrogen and oxygen atoms in total. The fourth-order valence-corrected chi connectivity index (χ4v) is 2.37. The van der Waals surface area contributed by atoms with Crippen molar-refractivity contribution >= 4 is 21.8 Å². The second kappa shape index (κ2) is 7.87. The van der Waals surface area contributed by atoms with Crippen LogP contribution in [0.1, 0.15) is 43.0 Å². The largest absolute Gasteiger partial charge is 0.352 e. The number of aromatic nitrogens is 4. The van der Waals surface area contributed by atoms with Gasteiger partial charge in [0.1, 0.15) is 6.33 Å². The Morgan fingerprint density at radius 1 is 1.33 bits per heavy atom. The molecule has 0 unspecified atom stereocenters. The summed E-state index contributed by atoms with van der Waals surface area (Å²) in [6.45, 7) is 2.85. The summed E-state index contributed by atoms with van der Waals surface area (Å²) < 4.78 is 2.33. The average Bonchev–Trinajstić information content (AvgIpc) is 3.01. The van der Waals surface area contributed by atoms with Crippen LogP contribution in [0.25, 0.3) is 5.69 Å². The minimum atomic E-state index is -0.113. The van der Waals surface area contributed by atoms with Crippen molar-refractivity contribution in [1.82, 2.24) is 25.5 Å². The first kappa shape index (κ1) is 15.6. The van der Waals surface area contributed by atoms with Gasteiger partial charge in [-0.05, 0) is 35.0 Å². The summed E-state index contributed by atoms with van der Waals surface area (Å²) in [4.78, 5) is 12.3. The molecule has 0 saturated heterocycles. The van der Waals surface area contributed by atoms with Gasteiger partial charge in [-0.1, -0.05) is 42.1 Å². The predicted octanol–water partition coefficient (Wildman–Crippen LogP) is 2.73. The number of tetrazole rings is 1. The van der Waals surface area contributed by atoms with Crippen molar-refractivity contribution in [2.45, 2.75) is 32.6 Å². The molecule has 2 aromatic rings. The van der Waals surface area contributed by atoms with Gasteiger partial charge in [0.2, 0.25) is 0 Å². The maximum atomic E-state index is 12.3. The van der Waals surface area contributed by atoms with Crippen molar-refractivity contribution in [3.63, 3.8) is 0 Å². The molecule has 1 heterocycles. The SMILES string of the molecule is CCCCCCNC(=O)c1cc(Br)ccc1-n1cnnn1. The zero-order valence-corrected chi connectivity index (χ0v) is 13.5. The lowest BCUT2D eigenvalue weighted by Crippen LogP contribution is -2.25. The van der Waals surface area contributed by atoms with Crippen LogP contribution in [0.5, 0.6) is 0 Å². The van der Waals surface area contributed by atoms with E-state index in [2.05, 4.69) is 43.7 Å². The zero-order chi connectivity index (χ0) is 15.1. The first-order chi connectivity index (χ1) is 10.2. The van der Waals surface area contributed by atoms with E-state index in [1.54, 1.807) is 6.07 Å². The molecule has 0 radical (unpaired) electrons. The van der Waals surface area contributed by atoms with Gasteiger partial charge in [0, 0.05) is 11.0 Å². The van der Waals surface area contributed by atoms with Crippen molar-refractivity contribution in [2.75, 3.05) is 6.54 Å². The molecule has 112 valence electrons. The van der Waals surface area contributed by atoms with Crippen molar-refractivity contribution in [1.29, 1.82) is 0 Å². The van der Waals surface area contributed by atoms with E-state index in [1.807, 2.05) is 12.1 Å². The van der Waals surface area contributed by atoms with Crippen LogP contribution in [0.3, 0.4) is 0 Å². The normalized spacial score (nSPS) is 10.6. The number of hydrogen-bond acceptors (Lipinski definition) is 4. The number of rotatable bonds is 7. The molecule has 1 amide bonds. The fraction of sp³-hybridized carbons (Fsp3) is 0.429. The molecule has 0 aliphatic carbocycles. The maximum Gasteiger partial charge on any atom is 0.253 e. The molecular formula is C14H18BrN5O. The Morgan fingerprint density at radius 2 is 2.19 bits per heavy atom. The van der Waals surface area contributed by atoms with E-state index in [1.165, 1.54) is 23.9 Å². The van der Waals surface area contributed by atoms with Crippen LogP contribution in [-0.4, -0.2) is 32.7 Å². The summed E-state index contributed by atoms with van der Waals surface area (Å²) in [5.74, 6) is -0.113. The Hall–Kier alpha value is -1.76. The Morgan fingerprint density at radius 3 is 2.90 bits per heavy atom. The number of benzene rings is 1. The van der Waals surface area contributed by atoms with Crippen molar-refractivity contribution in [3.05, 3.63) is 34.6 Å². The Labute approximate surface area is 132 Å². The second-order valence-corrected chi connectivity index (χ2v) is 5.65. The third-order valence-electron chi connectivity index (χ3n) is 3.11. The first-order valence-corrected chi connectivity index (χ1v) is 7.82. The summed E-state index contributed by atoms with van der Waals surface area (Å²) in [5.41, 5.74) is 1.21. The quantitative estimate of drug-likeness (QED) is 0.778. The van der Waals surface area contributed by atoms with Gasteiger partial charge in [-0.15, -0.1) is 5.10 Å². The molecule has 0 aliphatic heterocycles. The monoisotopic (exact) mass is 351 g/mol. The van der Waals surface area contributed by atoms with Crippen molar-refractivity contribution in [2.24, 2.45) is 0 Å². The van der Waals surface area contributed by atoms with E-state index in [0.717, 1.165) is 17.3 Å². The smallest absolute Gasteiger partial charge is 0.253 e. The summed E-state index contributed by atoms with van der Waals surface area (Å²) in [6.07, 6.45) is 5.98. The summed E-state index contributed by atoms with van der Waals surface area (Å²) in [5, 5.41) is 14.0. The number of carbonyl (C=O) groups is 1. The zero-order valence-electron chi connectivity index (χ0n) is 11.9. The molecule has 7 heteroatoms. The molecule has 2 rings (SSSR count). The topological polar surface area (TPSA) is 72.7 Å². The van der Waals surface area contributed by atoms with E-state index in [4.69, 9.17) is 0 Å². The number of hydrogen-bond donors (Lipinski definition) is 1. The molecule has 21 heavy (non-hydrogen) atoms. The van der Waals surface area contributed by atoms with Gasteiger partial charge in [-0.3, -0.25) is 4.79 Å². The van der Waals surface area contributed by atoms with Gasteiger partial charge in [-0.2, -0.15) is 4.68 Å². The lowest BCUT2D eigenvalue weighted by molar-refractivity contribution is 0.0952. The van der Waals surface area contributed by atoms with Crippen molar-refractivity contribution < 1.29 is 4.79 Å². The predicted molar refractivity (Wildman–Crippen MR) is 83.3 cm³/mol. The highest BCUT2D eigenvalue weighted by atomic mass is 79.9. The van der Waals surface area contributed by atoms with Crippen LogP contribution in [-0.2, 0) is 0 Å². The number of halogens is 1. The Kier molecular flexibility index (Phi) is 5.86. The van der Waals surface area contributed by atoms with E-state index in [9.17, 15) is 4.79 Å². The minimum Gasteiger partial charge on any atom is -0.352 e. The van der Waals surface area contributed by atoms with E-state index in [0.29, 0.717) is 17.8 Å². The summed E-state index contributed by atoms with van der Waals surface area (Å²) >= 11 is 3.39. The highest BCUT2D eigenvalue weighted by molar-refractivity contribution is 9.10. The molecule has 0 aliphatic rings. The Balaban J connectivity index is 2.07. The molecule has 0 saturated carbocycles. The number of nitrogens with one attached hydrogen (secondary N) is 1. The average molecular weight is 352 g/mol. The van der Waals surface area contributed by atoms with E-state index < -0.39 is 0 Å². The van der Waals surface area contributed by atoms with Crippen LogP contribution in [0.2, 0.25) is 0 Å². The summed E-state index contributed by atoms with van der Waals surface area (Å²) in [6, 6.07) is 5.44. The van der Waals surface area contributed by atoms with E-state index in [-0.39, 0.29) is 5.91 Å². The highest BCUT2D eigenvalue weighted by Crippen LogP contribution is 2.19. The summed E-state index contributed by atoms with van der Waals surface area (Å²) in [7, 11) is 0. The van der Waals surface area contributed by atoms with Crippen LogP contribution < -0.4 is 5.32 Å². The Bertz CT molecular complexity index is 585. The molecule has 0 spiro atoms. The van der Waals surface area contributed by atoms with Gasteiger partial charge < -0.3 is 5.32 Å². The molecule has 1 N–H and O–H groups in total. The van der Waals surface area contributed by atoms with Crippen LogP contribution >= 0.6 is 15.9 Å². The van der Waals surface area contributed by atoms with Gasteiger partial charge in [-0.25, -0.2) is 0 Å². The van der Waals surface area contributed by atoms with E-state index >= 15 is 0 Å². The van der Waals surface area contributed by atoms with Gasteiger partial charge in [0.05, 0.1) is 11.3 Å². The number of unbranched alkanes of at least 4 members (excludes halogenated alkanes) is 3. The molecular weight excluding hydrogens is 334 g/mol. The lowest BCUT2D eigenvalue weighted by atomic mass is 10.1. The molecule has 0 bridgehead atoms. The van der Waals surface area contributed by atoms with Gasteiger partial charge in [0.15, 0.2) is 0 Å². The standard InChI is InChI=1S/C14H18BrN5O/c1-2-3-4-5-8-16-14(21)12-9-11(15)6-7-13(12)20-10-17-18-19-20/h6-7,9-10H,2-5,8H2,1H3,(H,16,21). The molecule has 0 fully saturated rings. The minimum absolute atomic E-state index is 0.113. The number of nitrogens with zero attached hydrogens (tertiary/aromatic N) is 4. The van der Waals surface area contributed by atoms with Crippen LogP contribution in [0.4, 0.5) is 0 Å². The number of carbonyl (C=O) groups excluding carboxylic acids is 1. The third-order valence-corrected chi connectivity index (χ3v) is 3.61. The van der Waals surface area contributed by atoms with Crippen LogP contribution in [0.15, 0.2) is 29.0 Å². The number of amides is 1. The third kappa shape index (κ3) is 4.35. The molecule has 1 aromatic carbocycles. The fourth-order valence-electron chi connectivity index (χ4n) is 2.01. The van der Waals surface area contributed by atoms with Gasteiger partial charge >= 0.3 is 0 Å². The van der Waals surface area contributed by atoms with Crippen LogP contribution in [0, 0.1) is 0 Å². The highest BCUT2D eigenvalue weighted by Gasteiger charge is 2.14. The molecule has 0 atom stereocenters. The lowest BCUT2D eigenvalue weighted by Gasteiger charge is -2.10. The molecule has 1 aromatic heterocycles.